The number of ether oxygens (including phenoxy) is 1. The Morgan fingerprint density at radius 1 is 1.43 bits per heavy atom. The quantitative estimate of drug-likeness (QED) is 0.919. The summed E-state index contributed by atoms with van der Waals surface area (Å²) in [6.07, 6.45) is 2.38. The lowest BCUT2D eigenvalue weighted by Crippen LogP contribution is -2.28. The van der Waals surface area contributed by atoms with Crippen LogP contribution in [-0.2, 0) is 7.05 Å². The number of nitrogens with one attached hydrogen (secondary N) is 1. The van der Waals surface area contributed by atoms with E-state index in [9.17, 15) is 4.79 Å². The highest BCUT2D eigenvalue weighted by Crippen LogP contribution is 2.27. The Morgan fingerprint density at radius 2 is 2.14 bits per heavy atom. The second-order valence-electron chi connectivity index (χ2n) is 4.94. The van der Waals surface area contributed by atoms with Crippen molar-refractivity contribution in [3.8, 4) is 5.75 Å². The predicted octanol–water partition coefficient (Wildman–Crippen LogP) is 2.62. The normalized spacial score (nSPS) is 12.0. The second kappa shape index (κ2) is 6.43. The fourth-order valence-electron chi connectivity index (χ4n) is 2.31. The van der Waals surface area contributed by atoms with Gasteiger partial charge in [-0.05, 0) is 19.4 Å². The monoisotopic (exact) mass is 287 g/mol. The molecule has 0 spiro atoms. The molecule has 1 atom stereocenters. The van der Waals surface area contributed by atoms with Crippen molar-refractivity contribution in [1.29, 1.82) is 0 Å². The van der Waals surface area contributed by atoms with Crippen molar-refractivity contribution in [1.82, 2.24) is 15.1 Å². The smallest absolute Gasteiger partial charge is 0.255 e. The van der Waals surface area contributed by atoms with E-state index in [1.165, 1.54) is 0 Å². The van der Waals surface area contributed by atoms with E-state index in [0.29, 0.717) is 5.56 Å². The summed E-state index contributed by atoms with van der Waals surface area (Å²) in [5.41, 5.74) is 2.44. The standard InChI is InChI=1S/C16H21N3O2/c1-5-14(12-8-6-7-9-15(12)21-4)18-16(20)13-10-17-19(3)11(13)2/h6-10,14H,5H2,1-4H3,(H,18,20)/t14-/m0/s1. The molecule has 1 aromatic carbocycles. The van der Waals surface area contributed by atoms with Crippen molar-refractivity contribution in [3.05, 3.63) is 47.3 Å². The first-order valence-corrected chi connectivity index (χ1v) is 7.00. The first-order chi connectivity index (χ1) is 10.1. The zero-order valence-electron chi connectivity index (χ0n) is 12.9. The third-order valence-electron chi connectivity index (χ3n) is 3.71. The summed E-state index contributed by atoms with van der Waals surface area (Å²) in [5.74, 6) is 0.672. The number of hydrogen-bond acceptors (Lipinski definition) is 3. The molecule has 0 saturated carbocycles. The van der Waals surface area contributed by atoms with Gasteiger partial charge in [0, 0.05) is 18.3 Å². The van der Waals surface area contributed by atoms with Gasteiger partial charge in [0.25, 0.3) is 5.91 Å². The van der Waals surface area contributed by atoms with Gasteiger partial charge in [-0.15, -0.1) is 0 Å². The number of methoxy groups -OCH3 is 1. The number of aromatic nitrogens is 2. The van der Waals surface area contributed by atoms with Gasteiger partial charge in [0.15, 0.2) is 0 Å². The molecule has 0 aliphatic rings. The third kappa shape index (κ3) is 3.07. The number of rotatable bonds is 5. The molecule has 1 heterocycles. The summed E-state index contributed by atoms with van der Waals surface area (Å²) in [6.45, 7) is 3.92. The molecule has 2 rings (SSSR count). The SMILES string of the molecule is CC[C@H](NC(=O)c1cnn(C)c1C)c1ccccc1OC. The minimum atomic E-state index is -0.113. The van der Waals surface area contributed by atoms with Crippen LogP contribution in [0.15, 0.2) is 30.5 Å². The zero-order chi connectivity index (χ0) is 15.4. The number of amides is 1. The first kappa shape index (κ1) is 15.1. The van der Waals surface area contributed by atoms with Gasteiger partial charge in [-0.3, -0.25) is 9.48 Å². The van der Waals surface area contributed by atoms with Crippen LogP contribution in [0, 0.1) is 6.92 Å². The van der Waals surface area contributed by atoms with Crippen LogP contribution in [0.25, 0.3) is 0 Å². The average Bonchev–Trinajstić information content (AvgIpc) is 2.84. The lowest BCUT2D eigenvalue weighted by Gasteiger charge is -2.19. The number of hydrogen-bond donors (Lipinski definition) is 1. The molecule has 1 N–H and O–H groups in total. The van der Waals surface area contributed by atoms with E-state index in [2.05, 4.69) is 10.4 Å². The summed E-state index contributed by atoms with van der Waals surface area (Å²) in [7, 11) is 3.46. The van der Waals surface area contributed by atoms with Crippen molar-refractivity contribution in [3.63, 3.8) is 0 Å². The minimum Gasteiger partial charge on any atom is -0.496 e. The third-order valence-corrected chi connectivity index (χ3v) is 3.71. The van der Waals surface area contributed by atoms with E-state index in [0.717, 1.165) is 23.4 Å². The molecule has 0 saturated heterocycles. The van der Waals surface area contributed by atoms with Crippen LogP contribution in [0.2, 0.25) is 0 Å². The Balaban J connectivity index is 2.23. The van der Waals surface area contributed by atoms with E-state index in [4.69, 9.17) is 4.74 Å². The molecule has 0 aliphatic carbocycles. The van der Waals surface area contributed by atoms with Crippen molar-refractivity contribution in [2.24, 2.45) is 7.05 Å². The average molecular weight is 287 g/mol. The number of benzene rings is 1. The molecule has 1 amide bonds. The van der Waals surface area contributed by atoms with Crippen molar-refractivity contribution in [2.75, 3.05) is 7.11 Å². The van der Waals surface area contributed by atoms with E-state index >= 15 is 0 Å². The Bertz CT molecular complexity index is 634. The topological polar surface area (TPSA) is 56.2 Å². The molecular formula is C16H21N3O2. The molecule has 21 heavy (non-hydrogen) atoms. The van der Waals surface area contributed by atoms with Crippen molar-refractivity contribution < 1.29 is 9.53 Å². The van der Waals surface area contributed by atoms with E-state index in [1.807, 2.05) is 45.2 Å². The molecule has 0 aliphatic heterocycles. The number of carbonyl (C=O) groups excluding carboxylic acids is 1. The second-order valence-corrected chi connectivity index (χ2v) is 4.94. The number of nitrogens with zero attached hydrogens (tertiary/aromatic N) is 2. The lowest BCUT2D eigenvalue weighted by atomic mass is 10.0. The largest absolute Gasteiger partial charge is 0.496 e. The molecule has 5 heteroatoms. The van der Waals surface area contributed by atoms with Crippen LogP contribution in [0.3, 0.4) is 0 Å². The van der Waals surface area contributed by atoms with Gasteiger partial charge in [0.1, 0.15) is 5.75 Å². The summed E-state index contributed by atoms with van der Waals surface area (Å²) < 4.78 is 7.07. The highest BCUT2D eigenvalue weighted by Gasteiger charge is 2.19. The van der Waals surface area contributed by atoms with Crippen LogP contribution >= 0.6 is 0 Å². The van der Waals surface area contributed by atoms with Crippen molar-refractivity contribution >= 4 is 5.91 Å². The van der Waals surface area contributed by atoms with E-state index in [-0.39, 0.29) is 11.9 Å². The molecule has 0 fully saturated rings. The fourth-order valence-corrected chi connectivity index (χ4v) is 2.31. The Hall–Kier alpha value is -2.30. The van der Waals surface area contributed by atoms with E-state index in [1.54, 1.807) is 18.0 Å². The number of aryl methyl sites for hydroxylation is 1. The van der Waals surface area contributed by atoms with Crippen molar-refractivity contribution in [2.45, 2.75) is 26.3 Å². The van der Waals surface area contributed by atoms with Crippen LogP contribution in [0.5, 0.6) is 5.75 Å². The highest BCUT2D eigenvalue weighted by molar-refractivity contribution is 5.95. The summed E-state index contributed by atoms with van der Waals surface area (Å²) in [6, 6.07) is 7.65. The van der Waals surface area contributed by atoms with Gasteiger partial charge in [0.05, 0.1) is 24.9 Å². The Labute approximate surface area is 124 Å². The summed E-state index contributed by atoms with van der Waals surface area (Å²) in [5, 5.41) is 7.16. The molecule has 112 valence electrons. The van der Waals surface area contributed by atoms with Gasteiger partial charge in [-0.2, -0.15) is 5.10 Å². The van der Waals surface area contributed by atoms with Gasteiger partial charge in [-0.1, -0.05) is 25.1 Å². The minimum absolute atomic E-state index is 0.0896. The molecule has 0 radical (unpaired) electrons. The maximum atomic E-state index is 12.4. The first-order valence-electron chi connectivity index (χ1n) is 7.00. The Morgan fingerprint density at radius 3 is 2.71 bits per heavy atom. The van der Waals surface area contributed by atoms with Crippen LogP contribution < -0.4 is 10.1 Å². The van der Waals surface area contributed by atoms with Crippen LogP contribution in [0.4, 0.5) is 0 Å². The predicted molar refractivity (Wildman–Crippen MR) is 81.4 cm³/mol. The highest BCUT2D eigenvalue weighted by atomic mass is 16.5. The molecule has 0 unspecified atom stereocenters. The van der Waals surface area contributed by atoms with Crippen LogP contribution in [-0.4, -0.2) is 22.8 Å². The maximum absolute atomic E-state index is 12.4. The fraction of sp³-hybridized carbons (Fsp3) is 0.375. The van der Waals surface area contributed by atoms with E-state index < -0.39 is 0 Å². The molecule has 1 aromatic heterocycles. The molecule has 2 aromatic rings. The lowest BCUT2D eigenvalue weighted by molar-refractivity contribution is 0.0934. The van der Waals surface area contributed by atoms with Gasteiger partial charge in [-0.25, -0.2) is 0 Å². The molecule has 0 bridgehead atoms. The van der Waals surface area contributed by atoms with Gasteiger partial charge < -0.3 is 10.1 Å². The molecule has 5 nitrogen and oxygen atoms in total. The molecular weight excluding hydrogens is 266 g/mol. The van der Waals surface area contributed by atoms with Gasteiger partial charge >= 0.3 is 0 Å². The van der Waals surface area contributed by atoms with Crippen LogP contribution in [0.1, 0.15) is 41.0 Å². The summed E-state index contributed by atoms with van der Waals surface area (Å²) >= 11 is 0. The maximum Gasteiger partial charge on any atom is 0.255 e. The zero-order valence-corrected chi connectivity index (χ0v) is 12.9. The number of para-hydroxylation sites is 1. The summed E-state index contributed by atoms with van der Waals surface area (Å²) in [4.78, 5) is 12.4. The Kier molecular flexibility index (Phi) is 4.62. The van der Waals surface area contributed by atoms with Gasteiger partial charge in [0.2, 0.25) is 0 Å². The number of carbonyl (C=O) groups is 1.